The summed E-state index contributed by atoms with van der Waals surface area (Å²) in [6, 6.07) is -1.49. The van der Waals surface area contributed by atoms with Crippen molar-refractivity contribution in [2.24, 2.45) is 5.73 Å². The van der Waals surface area contributed by atoms with Gasteiger partial charge < -0.3 is 26.2 Å². The predicted octanol–water partition coefficient (Wildman–Crippen LogP) is -3.45. The van der Waals surface area contributed by atoms with Crippen LogP contribution in [0.3, 0.4) is 0 Å². The molecule has 0 aromatic rings. The Morgan fingerprint density at radius 2 is 1.80 bits per heavy atom. The largest absolute Gasteiger partial charge is 0.394 e. The molecule has 6 N–H and O–H groups in total. The fourth-order valence-corrected chi connectivity index (χ4v) is 1.07. The minimum atomic E-state index is -2.77. The average Bonchev–Trinajstić information content (AvgIpc) is 2.24. The van der Waals surface area contributed by atoms with Gasteiger partial charge in [-0.2, -0.15) is 0 Å². The van der Waals surface area contributed by atoms with Crippen LogP contribution in [-0.2, 0) is 9.59 Å². The molecule has 0 bridgehead atoms. The molecule has 0 fully saturated rings. The third-order valence-corrected chi connectivity index (χ3v) is 2.10. The molecule has 0 radical (unpaired) electrons. The molecule has 0 spiro atoms. The molecule has 0 aliphatic rings. The Bertz CT molecular complexity index is 256. The SMILES string of the molecule is CC(=O)[C@](O)(C(=O)[C@@H](N)CO)[C@H](O)CO. The van der Waals surface area contributed by atoms with Crippen molar-refractivity contribution >= 4 is 11.6 Å². The van der Waals surface area contributed by atoms with Crippen LogP contribution in [0.15, 0.2) is 0 Å². The number of nitrogens with two attached hydrogens (primary N) is 1. The number of carbonyl (C=O) groups excluding carboxylic acids is 2. The first kappa shape index (κ1) is 14.1. The first-order valence-electron chi connectivity index (χ1n) is 4.25. The summed E-state index contributed by atoms with van der Waals surface area (Å²) >= 11 is 0. The van der Waals surface area contributed by atoms with Crippen LogP contribution in [0.5, 0.6) is 0 Å². The summed E-state index contributed by atoms with van der Waals surface area (Å²) < 4.78 is 0. The summed E-state index contributed by atoms with van der Waals surface area (Å²) in [5, 5.41) is 36.0. The highest BCUT2D eigenvalue weighted by Crippen LogP contribution is 2.15. The molecular weight excluding hydrogens is 206 g/mol. The quantitative estimate of drug-likeness (QED) is 0.293. The molecule has 88 valence electrons. The van der Waals surface area contributed by atoms with Crippen LogP contribution < -0.4 is 5.73 Å². The van der Waals surface area contributed by atoms with Gasteiger partial charge in [-0.05, 0) is 6.92 Å². The molecule has 0 amide bonds. The van der Waals surface area contributed by atoms with Crippen molar-refractivity contribution in [1.82, 2.24) is 0 Å². The fraction of sp³-hybridized carbons (Fsp3) is 0.750. The number of aliphatic hydroxyl groups is 4. The van der Waals surface area contributed by atoms with Gasteiger partial charge in [0.25, 0.3) is 0 Å². The zero-order valence-electron chi connectivity index (χ0n) is 8.25. The molecule has 3 atom stereocenters. The van der Waals surface area contributed by atoms with Gasteiger partial charge in [0.1, 0.15) is 6.10 Å². The van der Waals surface area contributed by atoms with Crippen molar-refractivity contribution in [2.75, 3.05) is 13.2 Å². The Hall–Kier alpha value is -0.860. The number of ketones is 2. The van der Waals surface area contributed by atoms with E-state index in [1.54, 1.807) is 0 Å². The Labute approximate surface area is 86.1 Å². The standard InChI is InChI=1S/C8H15NO6/c1-4(12)8(15,6(13)3-11)7(14)5(9)2-10/h5-6,10-11,13,15H,2-3,9H2,1H3/t5-,6+,8+/m0/s1. The summed E-state index contributed by atoms with van der Waals surface area (Å²) in [6.45, 7) is -0.868. The normalized spacial score (nSPS) is 19.1. The van der Waals surface area contributed by atoms with Crippen molar-refractivity contribution in [1.29, 1.82) is 0 Å². The zero-order chi connectivity index (χ0) is 12.2. The summed E-state index contributed by atoms with van der Waals surface area (Å²) in [5.74, 6) is -2.27. The van der Waals surface area contributed by atoms with E-state index >= 15 is 0 Å². The summed E-state index contributed by atoms with van der Waals surface area (Å²) in [5.41, 5.74) is 2.36. The van der Waals surface area contributed by atoms with Crippen LogP contribution in [0.4, 0.5) is 0 Å². The molecule has 0 rings (SSSR count). The van der Waals surface area contributed by atoms with E-state index in [-0.39, 0.29) is 0 Å². The average molecular weight is 221 g/mol. The first-order chi connectivity index (χ1) is 6.82. The van der Waals surface area contributed by atoms with Crippen LogP contribution >= 0.6 is 0 Å². The van der Waals surface area contributed by atoms with Crippen molar-refractivity contribution in [3.63, 3.8) is 0 Å². The maximum absolute atomic E-state index is 11.4. The molecule has 0 saturated carbocycles. The molecule has 0 aromatic heterocycles. The smallest absolute Gasteiger partial charge is 0.211 e. The van der Waals surface area contributed by atoms with Gasteiger partial charge in [-0.3, -0.25) is 9.59 Å². The van der Waals surface area contributed by atoms with E-state index in [9.17, 15) is 19.8 Å². The number of carbonyl (C=O) groups is 2. The molecule has 0 aromatic carbocycles. The van der Waals surface area contributed by atoms with Gasteiger partial charge in [-0.25, -0.2) is 0 Å². The van der Waals surface area contributed by atoms with E-state index < -0.39 is 42.5 Å². The van der Waals surface area contributed by atoms with Crippen molar-refractivity contribution in [3.05, 3.63) is 0 Å². The lowest BCUT2D eigenvalue weighted by molar-refractivity contribution is -0.166. The highest BCUT2D eigenvalue weighted by molar-refractivity contribution is 6.11. The molecule has 0 aliphatic heterocycles. The number of hydrogen-bond donors (Lipinski definition) is 5. The van der Waals surface area contributed by atoms with Gasteiger partial charge in [0.05, 0.1) is 19.3 Å². The van der Waals surface area contributed by atoms with Gasteiger partial charge in [0.2, 0.25) is 5.60 Å². The molecule has 15 heavy (non-hydrogen) atoms. The third kappa shape index (κ3) is 2.58. The minimum Gasteiger partial charge on any atom is -0.394 e. The van der Waals surface area contributed by atoms with E-state index in [0.717, 1.165) is 6.92 Å². The highest BCUT2D eigenvalue weighted by atomic mass is 16.4. The molecule has 7 nitrogen and oxygen atoms in total. The lowest BCUT2D eigenvalue weighted by atomic mass is 9.85. The molecular formula is C8H15NO6. The van der Waals surface area contributed by atoms with Gasteiger partial charge in [-0.15, -0.1) is 0 Å². The Kier molecular flexibility index (Phi) is 4.98. The van der Waals surface area contributed by atoms with Crippen LogP contribution in [-0.4, -0.2) is 63.0 Å². The van der Waals surface area contributed by atoms with Crippen molar-refractivity contribution in [2.45, 2.75) is 24.7 Å². The Balaban J connectivity index is 5.12. The number of aliphatic hydroxyl groups excluding tert-OH is 3. The topological polar surface area (TPSA) is 141 Å². The van der Waals surface area contributed by atoms with Gasteiger partial charge in [-0.1, -0.05) is 0 Å². The lowest BCUT2D eigenvalue weighted by Crippen LogP contribution is -2.61. The van der Waals surface area contributed by atoms with Crippen LogP contribution in [0.2, 0.25) is 0 Å². The monoisotopic (exact) mass is 221 g/mol. The van der Waals surface area contributed by atoms with Crippen LogP contribution in [0.25, 0.3) is 0 Å². The van der Waals surface area contributed by atoms with Crippen LogP contribution in [0, 0.1) is 0 Å². The molecule has 7 heteroatoms. The van der Waals surface area contributed by atoms with Crippen molar-refractivity contribution < 1.29 is 30.0 Å². The van der Waals surface area contributed by atoms with Gasteiger partial charge in [0, 0.05) is 0 Å². The van der Waals surface area contributed by atoms with E-state index in [4.69, 9.17) is 15.9 Å². The van der Waals surface area contributed by atoms with Gasteiger partial charge >= 0.3 is 0 Å². The summed E-state index contributed by atoms with van der Waals surface area (Å²) in [4.78, 5) is 22.5. The number of hydrogen-bond acceptors (Lipinski definition) is 7. The first-order valence-corrected chi connectivity index (χ1v) is 4.25. The second kappa shape index (κ2) is 5.29. The second-order valence-electron chi connectivity index (χ2n) is 3.17. The Morgan fingerprint density at radius 3 is 2.07 bits per heavy atom. The number of Topliss-reactive ketones (excluding diaryl/α,β-unsaturated/α-hetero) is 2. The van der Waals surface area contributed by atoms with E-state index in [1.165, 1.54) is 0 Å². The maximum Gasteiger partial charge on any atom is 0.211 e. The predicted molar refractivity (Wildman–Crippen MR) is 48.8 cm³/mol. The highest BCUT2D eigenvalue weighted by Gasteiger charge is 2.49. The van der Waals surface area contributed by atoms with Crippen LogP contribution in [0.1, 0.15) is 6.92 Å². The molecule has 0 aliphatic carbocycles. The summed E-state index contributed by atoms with van der Waals surface area (Å²) in [7, 11) is 0. The van der Waals surface area contributed by atoms with E-state index in [2.05, 4.69) is 0 Å². The second-order valence-corrected chi connectivity index (χ2v) is 3.17. The minimum absolute atomic E-state index is 0.771. The third-order valence-electron chi connectivity index (χ3n) is 2.10. The molecule has 0 unspecified atom stereocenters. The zero-order valence-corrected chi connectivity index (χ0v) is 8.25. The molecule has 0 heterocycles. The van der Waals surface area contributed by atoms with E-state index in [1.807, 2.05) is 0 Å². The summed E-state index contributed by atoms with van der Waals surface area (Å²) in [6.07, 6.45) is -1.96. The maximum atomic E-state index is 11.4. The van der Waals surface area contributed by atoms with Gasteiger partial charge in [0.15, 0.2) is 11.6 Å². The lowest BCUT2D eigenvalue weighted by Gasteiger charge is -2.29. The van der Waals surface area contributed by atoms with Crippen molar-refractivity contribution in [3.8, 4) is 0 Å². The fourth-order valence-electron chi connectivity index (χ4n) is 1.07. The van der Waals surface area contributed by atoms with E-state index in [0.29, 0.717) is 0 Å². The molecule has 0 saturated heterocycles. The Morgan fingerprint density at radius 1 is 1.33 bits per heavy atom. The number of rotatable bonds is 6.